The van der Waals surface area contributed by atoms with Crippen molar-refractivity contribution in [3.63, 3.8) is 0 Å². The fourth-order valence-corrected chi connectivity index (χ4v) is 2.48. The smallest absolute Gasteiger partial charge is 0.320 e. The van der Waals surface area contributed by atoms with Gasteiger partial charge in [-0.2, -0.15) is 0 Å². The quantitative estimate of drug-likeness (QED) is 0.649. The van der Waals surface area contributed by atoms with Gasteiger partial charge < -0.3 is 5.32 Å². The first-order chi connectivity index (χ1) is 11.7. The molecule has 0 unspecified atom stereocenters. The van der Waals surface area contributed by atoms with Crippen LogP contribution in [0.15, 0.2) is 48.7 Å². The molecule has 1 aromatic heterocycles. The zero-order valence-electron chi connectivity index (χ0n) is 12.9. The molecule has 0 radical (unpaired) electrons. The maximum atomic E-state index is 12.2. The van der Waals surface area contributed by atoms with E-state index in [1.165, 1.54) is 4.90 Å². The van der Waals surface area contributed by atoms with Crippen LogP contribution in [-0.4, -0.2) is 40.8 Å². The SMILES string of the molecule is O=C(NCCCN1C(=O)c2ccccc2C1=O)Nc1ccccn1. The van der Waals surface area contributed by atoms with Gasteiger partial charge in [-0.25, -0.2) is 9.78 Å². The zero-order valence-corrected chi connectivity index (χ0v) is 12.9. The summed E-state index contributed by atoms with van der Waals surface area (Å²) in [7, 11) is 0. The number of anilines is 1. The van der Waals surface area contributed by atoms with Gasteiger partial charge in [-0.1, -0.05) is 18.2 Å². The Hall–Kier alpha value is -3.22. The summed E-state index contributed by atoms with van der Waals surface area (Å²) < 4.78 is 0. The highest BCUT2D eigenvalue weighted by Gasteiger charge is 2.34. The lowest BCUT2D eigenvalue weighted by Gasteiger charge is -2.14. The van der Waals surface area contributed by atoms with Crippen molar-refractivity contribution in [1.82, 2.24) is 15.2 Å². The van der Waals surface area contributed by atoms with Crippen molar-refractivity contribution in [2.75, 3.05) is 18.4 Å². The highest BCUT2D eigenvalue weighted by atomic mass is 16.2. The predicted molar refractivity (Wildman–Crippen MR) is 87.7 cm³/mol. The van der Waals surface area contributed by atoms with E-state index >= 15 is 0 Å². The van der Waals surface area contributed by atoms with Gasteiger partial charge in [-0.3, -0.25) is 19.8 Å². The summed E-state index contributed by atoms with van der Waals surface area (Å²) in [6.07, 6.45) is 2.05. The van der Waals surface area contributed by atoms with Crippen LogP contribution in [0.3, 0.4) is 0 Å². The number of hydrogen-bond acceptors (Lipinski definition) is 4. The number of hydrogen-bond donors (Lipinski definition) is 2. The number of pyridine rings is 1. The largest absolute Gasteiger partial charge is 0.338 e. The number of imide groups is 1. The number of fused-ring (bicyclic) bond motifs is 1. The van der Waals surface area contributed by atoms with Gasteiger partial charge in [0.2, 0.25) is 0 Å². The molecule has 2 heterocycles. The van der Waals surface area contributed by atoms with Gasteiger partial charge in [0.15, 0.2) is 0 Å². The Bertz CT molecular complexity index is 741. The lowest BCUT2D eigenvalue weighted by Crippen LogP contribution is -2.35. The zero-order chi connectivity index (χ0) is 16.9. The highest BCUT2D eigenvalue weighted by Crippen LogP contribution is 2.22. The number of urea groups is 1. The summed E-state index contributed by atoms with van der Waals surface area (Å²) in [6.45, 7) is 0.599. The Balaban J connectivity index is 1.45. The number of benzene rings is 1. The van der Waals surface area contributed by atoms with Crippen LogP contribution in [0.25, 0.3) is 0 Å². The highest BCUT2D eigenvalue weighted by molar-refractivity contribution is 6.21. The average molecular weight is 324 g/mol. The molecule has 1 aliphatic rings. The van der Waals surface area contributed by atoms with Gasteiger partial charge in [-0.05, 0) is 30.7 Å². The van der Waals surface area contributed by atoms with E-state index in [-0.39, 0.29) is 24.4 Å². The van der Waals surface area contributed by atoms with Gasteiger partial charge in [0.05, 0.1) is 11.1 Å². The van der Waals surface area contributed by atoms with Gasteiger partial charge in [0.25, 0.3) is 11.8 Å². The first-order valence-corrected chi connectivity index (χ1v) is 7.58. The van der Waals surface area contributed by atoms with Crippen molar-refractivity contribution in [3.8, 4) is 0 Å². The monoisotopic (exact) mass is 324 g/mol. The standard InChI is InChI=1S/C17H16N4O3/c22-15-12-6-1-2-7-13(12)16(23)21(15)11-5-10-19-17(24)20-14-8-3-4-9-18-14/h1-4,6-9H,5,10-11H2,(H2,18,19,20,24). The van der Waals surface area contributed by atoms with Crippen molar-refractivity contribution < 1.29 is 14.4 Å². The Kier molecular flexibility index (Phi) is 4.51. The molecule has 0 spiro atoms. The van der Waals surface area contributed by atoms with Crippen molar-refractivity contribution in [2.24, 2.45) is 0 Å². The van der Waals surface area contributed by atoms with E-state index in [4.69, 9.17) is 0 Å². The Morgan fingerprint density at radius 2 is 1.67 bits per heavy atom. The van der Waals surface area contributed by atoms with E-state index in [1.54, 1.807) is 48.7 Å². The molecule has 1 aliphatic heterocycles. The number of nitrogens with zero attached hydrogens (tertiary/aromatic N) is 2. The number of nitrogens with one attached hydrogen (secondary N) is 2. The van der Waals surface area contributed by atoms with E-state index in [9.17, 15) is 14.4 Å². The summed E-state index contributed by atoms with van der Waals surface area (Å²) in [6, 6.07) is 11.6. The molecule has 0 bridgehead atoms. The van der Waals surface area contributed by atoms with Crippen LogP contribution in [0, 0.1) is 0 Å². The van der Waals surface area contributed by atoms with Crippen LogP contribution < -0.4 is 10.6 Å². The second-order valence-electron chi connectivity index (χ2n) is 5.26. The number of amides is 4. The average Bonchev–Trinajstić information content (AvgIpc) is 2.84. The molecule has 2 N–H and O–H groups in total. The molecule has 4 amide bonds. The van der Waals surface area contributed by atoms with Crippen molar-refractivity contribution in [1.29, 1.82) is 0 Å². The third kappa shape index (κ3) is 3.24. The predicted octanol–water partition coefficient (Wildman–Crippen LogP) is 1.89. The topological polar surface area (TPSA) is 91.4 Å². The second-order valence-corrected chi connectivity index (χ2v) is 5.26. The molecule has 0 fully saturated rings. The Morgan fingerprint density at radius 3 is 2.29 bits per heavy atom. The fraction of sp³-hybridized carbons (Fsp3) is 0.176. The third-order valence-corrected chi connectivity index (χ3v) is 3.63. The van der Waals surface area contributed by atoms with Crippen LogP contribution in [0.2, 0.25) is 0 Å². The van der Waals surface area contributed by atoms with E-state index in [1.807, 2.05) is 0 Å². The van der Waals surface area contributed by atoms with Crippen LogP contribution in [0.1, 0.15) is 27.1 Å². The van der Waals surface area contributed by atoms with Gasteiger partial charge >= 0.3 is 6.03 Å². The van der Waals surface area contributed by atoms with Gasteiger partial charge in [-0.15, -0.1) is 0 Å². The molecule has 0 aliphatic carbocycles. The van der Waals surface area contributed by atoms with E-state index < -0.39 is 0 Å². The molecular formula is C17H16N4O3. The van der Waals surface area contributed by atoms with Crippen molar-refractivity contribution >= 4 is 23.7 Å². The van der Waals surface area contributed by atoms with Gasteiger partial charge in [0, 0.05) is 19.3 Å². The first-order valence-electron chi connectivity index (χ1n) is 7.58. The third-order valence-electron chi connectivity index (χ3n) is 3.63. The molecular weight excluding hydrogens is 308 g/mol. The maximum absolute atomic E-state index is 12.2. The first kappa shape index (κ1) is 15.7. The molecule has 0 atom stereocenters. The minimum absolute atomic E-state index is 0.260. The summed E-state index contributed by atoms with van der Waals surface area (Å²) in [5, 5.41) is 5.26. The molecule has 7 heteroatoms. The lowest BCUT2D eigenvalue weighted by atomic mass is 10.1. The number of rotatable bonds is 5. The van der Waals surface area contributed by atoms with Crippen LogP contribution in [0.5, 0.6) is 0 Å². The molecule has 0 saturated heterocycles. The summed E-state index contributed by atoms with van der Waals surface area (Å²) >= 11 is 0. The summed E-state index contributed by atoms with van der Waals surface area (Å²) in [5.41, 5.74) is 0.867. The normalized spacial score (nSPS) is 12.9. The molecule has 7 nitrogen and oxygen atoms in total. The van der Waals surface area contributed by atoms with E-state index in [2.05, 4.69) is 15.6 Å². The van der Waals surface area contributed by atoms with E-state index in [0.717, 1.165) is 0 Å². The van der Waals surface area contributed by atoms with E-state index in [0.29, 0.717) is 29.9 Å². The van der Waals surface area contributed by atoms with Crippen LogP contribution >= 0.6 is 0 Å². The van der Waals surface area contributed by atoms with Crippen LogP contribution in [-0.2, 0) is 0 Å². The minimum Gasteiger partial charge on any atom is -0.338 e. The Morgan fingerprint density at radius 1 is 1.00 bits per heavy atom. The molecule has 24 heavy (non-hydrogen) atoms. The van der Waals surface area contributed by atoms with Crippen LogP contribution in [0.4, 0.5) is 10.6 Å². The molecule has 1 aromatic carbocycles. The summed E-state index contributed by atoms with van der Waals surface area (Å²) in [4.78, 5) is 41.2. The summed E-state index contributed by atoms with van der Waals surface area (Å²) in [5.74, 6) is -0.113. The van der Waals surface area contributed by atoms with Gasteiger partial charge in [0.1, 0.15) is 5.82 Å². The molecule has 0 saturated carbocycles. The van der Waals surface area contributed by atoms with Crippen molar-refractivity contribution in [3.05, 3.63) is 59.8 Å². The second kappa shape index (κ2) is 6.91. The Labute approximate surface area is 138 Å². The number of carbonyl (C=O) groups excluding carboxylic acids is 3. The van der Waals surface area contributed by atoms with Crippen molar-refractivity contribution in [2.45, 2.75) is 6.42 Å². The maximum Gasteiger partial charge on any atom is 0.320 e. The molecule has 3 rings (SSSR count). The fourth-order valence-electron chi connectivity index (χ4n) is 2.48. The molecule has 2 aromatic rings. The molecule has 122 valence electrons. The lowest BCUT2D eigenvalue weighted by molar-refractivity contribution is 0.0653. The number of carbonyl (C=O) groups is 3. The minimum atomic E-state index is -0.379. The number of aromatic nitrogens is 1.